The summed E-state index contributed by atoms with van der Waals surface area (Å²) in [6.45, 7) is 1.37. The molecule has 2 aromatic heterocycles. The highest BCUT2D eigenvalue weighted by Crippen LogP contribution is 2.21. The molecular weight excluding hydrogens is 360 g/mol. The normalized spacial score (nSPS) is 10.3. The van der Waals surface area contributed by atoms with Gasteiger partial charge >= 0.3 is 0 Å². The minimum absolute atomic E-state index is 0.138. The van der Waals surface area contributed by atoms with E-state index in [1.807, 2.05) is 29.0 Å². The van der Waals surface area contributed by atoms with E-state index in [9.17, 15) is 4.79 Å². The highest BCUT2D eigenvalue weighted by atomic mass is 16.5. The SMILES string of the molecule is Nc1c(NCCCn2ccnc2)ncnc1NNC(=O)COc1ccccc1. The summed E-state index contributed by atoms with van der Waals surface area (Å²) in [5.41, 5.74) is 11.6. The number of para-hydroxylation sites is 1. The molecule has 0 atom stereocenters. The van der Waals surface area contributed by atoms with Crippen LogP contribution in [0.15, 0.2) is 55.4 Å². The number of nitrogen functional groups attached to an aromatic ring is 1. The Balaban J connectivity index is 1.43. The molecule has 10 heteroatoms. The molecule has 0 aliphatic heterocycles. The van der Waals surface area contributed by atoms with Crippen molar-refractivity contribution < 1.29 is 9.53 Å². The topological polar surface area (TPSA) is 132 Å². The Bertz CT molecular complexity index is 871. The van der Waals surface area contributed by atoms with Gasteiger partial charge in [0.1, 0.15) is 17.8 Å². The predicted octanol–water partition coefficient (Wildman–Crippen LogP) is 1.28. The van der Waals surface area contributed by atoms with Gasteiger partial charge in [-0.15, -0.1) is 0 Å². The summed E-state index contributed by atoms with van der Waals surface area (Å²) in [4.78, 5) is 24.1. The van der Waals surface area contributed by atoms with Crippen LogP contribution in [-0.4, -0.2) is 38.6 Å². The first-order valence-electron chi connectivity index (χ1n) is 8.75. The van der Waals surface area contributed by atoms with Crippen molar-refractivity contribution in [3.8, 4) is 5.75 Å². The Kier molecular flexibility index (Phi) is 6.61. The number of amides is 1. The lowest BCUT2D eigenvalue weighted by Crippen LogP contribution is -2.34. The molecule has 0 fully saturated rings. The van der Waals surface area contributed by atoms with Gasteiger partial charge in [0, 0.05) is 25.5 Å². The van der Waals surface area contributed by atoms with Crippen LogP contribution in [0, 0.1) is 0 Å². The van der Waals surface area contributed by atoms with Crippen molar-refractivity contribution in [1.29, 1.82) is 0 Å². The molecule has 1 amide bonds. The van der Waals surface area contributed by atoms with Gasteiger partial charge in [0.2, 0.25) is 0 Å². The highest BCUT2D eigenvalue weighted by molar-refractivity contribution is 5.81. The second kappa shape index (κ2) is 9.76. The number of hydrogen-bond donors (Lipinski definition) is 4. The molecule has 3 aromatic rings. The molecule has 3 rings (SSSR count). The van der Waals surface area contributed by atoms with E-state index in [1.54, 1.807) is 24.7 Å². The smallest absolute Gasteiger partial charge is 0.276 e. The van der Waals surface area contributed by atoms with Gasteiger partial charge in [-0.3, -0.25) is 15.6 Å². The van der Waals surface area contributed by atoms with E-state index in [-0.39, 0.29) is 12.5 Å². The first kappa shape index (κ1) is 19.0. The molecule has 0 saturated heterocycles. The number of aromatic nitrogens is 4. The zero-order valence-electron chi connectivity index (χ0n) is 15.2. The van der Waals surface area contributed by atoms with E-state index in [2.05, 4.69) is 31.1 Å². The molecule has 0 aliphatic rings. The van der Waals surface area contributed by atoms with Gasteiger partial charge in [0.15, 0.2) is 18.2 Å². The average molecular weight is 382 g/mol. The van der Waals surface area contributed by atoms with Crippen LogP contribution in [0.2, 0.25) is 0 Å². The zero-order valence-corrected chi connectivity index (χ0v) is 15.2. The van der Waals surface area contributed by atoms with Crippen LogP contribution in [0.3, 0.4) is 0 Å². The van der Waals surface area contributed by atoms with Gasteiger partial charge in [-0.1, -0.05) is 18.2 Å². The number of benzene rings is 1. The van der Waals surface area contributed by atoms with Gasteiger partial charge in [-0.05, 0) is 18.6 Å². The monoisotopic (exact) mass is 382 g/mol. The van der Waals surface area contributed by atoms with Gasteiger partial charge < -0.3 is 20.4 Å². The molecule has 0 aliphatic carbocycles. The second-order valence-corrected chi connectivity index (χ2v) is 5.84. The van der Waals surface area contributed by atoms with Crippen molar-refractivity contribution in [1.82, 2.24) is 24.9 Å². The van der Waals surface area contributed by atoms with E-state index in [1.165, 1.54) is 6.33 Å². The number of nitrogens with one attached hydrogen (secondary N) is 3. The summed E-state index contributed by atoms with van der Waals surface area (Å²) in [5, 5.41) is 3.16. The Labute approximate surface area is 162 Å². The van der Waals surface area contributed by atoms with Crippen molar-refractivity contribution in [3.63, 3.8) is 0 Å². The molecule has 2 heterocycles. The Hall–Kier alpha value is -3.82. The lowest BCUT2D eigenvalue weighted by molar-refractivity contribution is -0.122. The largest absolute Gasteiger partial charge is 0.484 e. The number of hydrazine groups is 1. The van der Waals surface area contributed by atoms with E-state index >= 15 is 0 Å². The second-order valence-electron chi connectivity index (χ2n) is 5.84. The van der Waals surface area contributed by atoms with E-state index in [4.69, 9.17) is 10.5 Å². The predicted molar refractivity (Wildman–Crippen MR) is 105 cm³/mol. The van der Waals surface area contributed by atoms with Crippen LogP contribution < -0.4 is 26.6 Å². The Morgan fingerprint density at radius 2 is 2.00 bits per heavy atom. The fraction of sp³-hybridized carbons (Fsp3) is 0.222. The van der Waals surface area contributed by atoms with E-state index in [0.717, 1.165) is 13.0 Å². The van der Waals surface area contributed by atoms with Crippen LogP contribution in [0.5, 0.6) is 5.75 Å². The maximum absolute atomic E-state index is 11.9. The number of imidazole rings is 1. The molecular formula is C18H22N8O2. The number of carbonyl (C=O) groups excluding carboxylic acids is 1. The fourth-order valence-electron chi connectivity index (χ4n) is 2.35. The van der Waals surface area contributed by atoms with Crippen molar-refractivity contribution in [2.45, 2.75) is 13.0 Å². The zero-order chi connectivity index (χ0) is 19.6. The number of nitrogens with two attached hydrogens (primary N) is 1. The molecule has 0 spiro atoms. The summed E-state index contributed by atoms with van der Waals surface area (Å²) < 4.78 is 7.36. The number of anilines is 3. The summed E-state index contributed by atoms with van der Waals surface area (Å²) in [6, 6.07) is 9.07. The highest BCUT2D eigenvalue weighted by Gasteiger charge is 2.09. The molecule has 0 saturated carbocycles. The molecule has 146 valence electrons. The summed E-state index contributed by atoms with van der Waals surface area (Å²) >= 11 is 0. The number of nitrogens with zero attached hydrogens (tertiary/aromatic N) is 4. The fourth-order valence-corrected chi connectivity index (χ4v) is 2.35. The maximum Gasteiger partial charge on any atom is 0.276 e. The quantitative estimate of drug-likeness (QED) is 0.304. The first-order valence-corrected chi connectivity index (χ1v) is 8.75. The minimum atomic E-state index is -0.364. The molecule has 0 bridgehead atoms. The van der Waals surface area contributed by atoms with Crippen molar-refractivity contribution in [2.24, 2.45) is 0 Å². The van der Waals surface area contributed by atoms with Crippen molar-refractivity contribution in [3.05, 3.63) is 55.4 Å². The molecule has 5 N–H and O–H groups in total. The van der Waals surface area contributed by atoms with Crippen LogP contribution >= 0.6 is 0 Å². The third-order valence-electron chi connectivity index (χ3n) is 3.76. The number of hydrogen-bond acceptors (Lipinski definition) is 8. The molecule has 28 heavy (non-hydrogen) atoms. The first-order chi connectivity index (χ1) is 13.7. The van der Waals surface area contributed by atoms with Crippen molar-refractivity contribution in [2.75, 3.05) is 29.6 Å². The number of carbonyl (C=O) groups is 1. The average Bonchev–Trinajstić information content (AvgIpc) is 3.24. The van der Waals surface area contributed by atoms with Crippen LogP contribution in [0.4, 0.5) is 17.3 Å². The van der Waals surface area contributed by atoms with Crippen molar-refractivity contribution >= 4 is 23.2 Å². The third-order valence-corrected chi connectivity index (χ3v) is 3.76. The van der Waals surface area contributed by atoms with Gasteiger partial charge in [0.25, 0.3) is 5.91 Å². The van der Waals surface area contributed by atoms with Crippen LogP contribution in [0.1, 0.15) is 6.42 Å². The van der Waals surface area contributed by atoms with Gasteiger partial charge in [0.05, 0.1) is 6.33 Å². The molecule has 10 nitrogen and oxygen atoms in total. The lowest BCUT2D eigenvalue weighted by Gasteiger charge is -2.13. The Morgan fingerprint density at radius 3 is 2.79 bits per heavy atom. The lowest BCUT2D eigenvalue weighted by atomic mass is 10.3. The maximum atomic E-state index is 11.9. The van der Waals surface area contributed by atoms with E-state index in [0.29, 0.717) is 29.6 Å². The summed E-state index contributed by atoms with van der Waals surface area (Å²) in [6.07, 6.45) is 7.66. The Morgan fingerprint density at radius 1 is 1.18 bits per heavy atom. The summed E-state index contributed by atoms with van der Waals surface area (Å²) in [5.74, 6) is 1.05. The number of ether oxygens (including phenoxy) is 1. The molecule has 0 unspecified atom stereocenters. The summed E-state index contributed by atoms with van der Waals surface area (Å²) in [7, 11) is 0. The number of rotatable bonds is 10. The van der Waals surface area contributed by atoms with Crippen LogP contribution in [-0.2, 0) is 11.3 Å². The standard InChI is InChI=1S/C18H22N8O2/c19-16-17(21-7-4-9-26-10-8-20-13-26)22-12-23-18(16)25-24-15(27)11-28-14-5-2-1-3-6-14/h1-3,5-6,8,10,12-13H,4,7,9,11,19H2,(H,24,27)(H2,21,22,23,25). The molecule has 1 aromatic carbocycles. The van der Waals surface area contributed by atoms with Gasteiger partial charge in [-0.25, -0.2) is 15.0 Å². The van der Waals surface area contributed by atoms with Crippen LogP contribution in [0.25, 0.3) is 0 Å². The van der Waals surface area contributed by atoms with Gasteiger partial charge in [-0.2, -0.15) is 0 Å². The number of aryl methyl sites for hydroxylation is 1. The van der Waals surface area contributed by atoms with E-state index < -0.39 is 0 Å². The minimum Gasteiger partial charge on any atom is -0.484 e. The third kappa shape index (κ3) is 5.59. The molecule has 0 radical (unpaired) electrons.